The number of rotatable bonds is 5. The third kappa shape index (κ3) is 4.43. The molecule has 2 aliphatic rings. The Kier molecular flexibility index (Phi) is 5.89. The van der Waals surface area contributed by atoms with Crippen LogP contribution in [0.1, 0.15) is 47.4 Å². The molecule has 2 aromatic carbocycles. The number of nitrogens with zero attached hydrogens (tertiary/aromatic N) is 3. The molecule has 2 saturated heterocycles. The average Bonchev–Trinajstić information content (AvgIpc) is 3.28. The Bertz CT molecular complexity index is 1130. The van der Waals surface area contributed by atoms with Crippen molar-refractivity contribution in [2.75, 3.05) is 36.0 Å². The first-order valence-electron chi connectivity index (χ1n) is 12.6. The Balaban J connectivity index is 1.21. The lowest BCUT2D eigenvalue weighted by atomic mass is 9.79. The molecule has 0 unspecified atom stereocenters. The number of piperazine rings is 1. The van der Waals surface area contributed by atoms with E-state index in [0.29, 0.717) is 5.92 Å². The maximum absolute atomic E-state index is 6.20. The van der Waals surface area contributed by atoms with Crippen molar-refractivity contribution in [3.05, 3.63) is 48.3 Å². The zero-order chi connectivity index (χ0) is 24.1. The van der Waals surface area contributed by atoms with Crippen LogP contribution in [-0.2, 0) is 15.7 Å². The van der Waals surface area contributed by atoms with Crippen LogP contribution in [0.2, 0.25) is 0 Å². The summed E-state index contributed by atoms with van der Waals surface area (Å²) in [7, 11) is -0.311. The van der Waals surface area contributed by atoms with Gasteiger partial charge in [0.1, 0.15) is 5.82 Å². The van der Waals surface area contributed by atoms with Crippen LogP contribution in [0.4, 0.5) is 11.4 Å². The maximum atomic E-state index is 6.20. The van der Waals surface area contributed by atoms with Gasteiger partial charge in [0.25, 0.3) is 0 Å². The van der Waals surface area contributed by atoms with Gasteiger partial charge in [0, 0.05) is 44.0 Å². The van der Waals surface area contributed by atoms with Crippen LogP contribution in [0.25, 0.3) is 11.0 Å². The van der Waals surface area contributed by atoms with Gasteiger partial charge in [0.05, 0.1) is 22.2 Å². The molecule has 1 N–H and O–H groups in total. The molecule has 34 heavy (non-hydrogen) atoms. The molecule has 7 heteroatoms. The van der Waals surface area contributed by atoms with E-state index in [1.807, 2.05) is 0 Å². The van der Waals surface area contributed by atoms with Gasteiger partial charge < -0.3 is 24.1 Å². The van der Waals surface area contributed by atoms with E-state index in [0.717, 1.165) is 54.9 Å². The summed E-state index contributed by atoms with van der Waals surface area (Å²) in [4.78, 5) is 13.2. The first kappa shape index (κ1) is 23.2. The number of nitrogens with one attached hydrogen (secondary N) is 1. The van der Waals surface area contributed by atoms with Crippen LogP contribution >= 0.6 is 0 Å². The van der Waals surface area contributed by atoms with Crippen molar-refractivity contribution >= 4 is 35.0 Å². The second-order valence-electron chi connectivity index (χ2n) is 11.1. The Hall–Kier alpha value is -2.51. The fourth-order valence-electron chi connectivity index (χ4n) is 4.77. The number of hydrogen-bond donors (Lipinski definition) is 1. The lowest BCUT2D eigenvalue weighted by Gasteiger charge is -2.37. The van der Waals surface area contributed by atoms with E-state index in [1.165, 1.54) is 11.4 Å². The lowest BCUT2D eigenvalue weighted by Crippen LogP contribution is -2.46. The predicted molar refractivity (Wildman–Crippen MR) is 141 cm³/mol. The van der Waals surface area contributed by atoms with Gasteiger partial charge in [-0.3, -0.25) is 0 Å². The zero-order valence-electron chi connectivity index (χ0n) is 21.4. The third-order valence-electron chi connectivity index (χ3n) is 7.54. The Morgan fingerprint density at radius 2 is 1.44 bits per heavy atom. The fraction of sp³-hybridized carbons (Fsp3) is 0.519. The highest BCUT2D eigenvalue weighted by molar-refractivity contribution is 6.62. The molecule has 0 aliphatic carbocycles. The molecule has 3 aromatic rings. The number of benzene rings is 2. The van der Waals surface area contributed by atoms with Gasteiger partial charge in [-0.25, -0.2) is 4.98 Å². The summed E-state index contributed by atoms with van der Waals surface area (Å²) >= 11 is 0. The largest absolute Gasteiger partial charge is 0.494 e. The molecule has 2 fully saturated rings. The second-order valence-corrected chi connectivity index (χ2v) is 11.1. The molecule has 0 atom stereocenters. The Morgan fingerprint density at radius 1 is 0.882 bits per heavy atom. The highest BCUT2D eigenvalue weighted by Gasteiger charge is 2.51. The van der Waals surface area contributed by atoms with E-state index in [1.54, 1.807) is 0 Å². The standard InChI is InChI=1S/C27H37BN4O2/c1-19(2)17-25-29-23-12-11-22(18-24(23)30-25)32-15-13-31(14-16-32)21-9-7-20(8-10-21)28-33-26(3,4)27(5,6)34-28/h7-12,18-19H,13-17H2,1-6H3,(H,29,30). The van der Waals surface area contributed by atoms with Crippen molar-refractivity contribution in [1.29, 1.82) is 0 Å². The van der Waals surface area contributed by atoms with Gasteiger partial charge in [0.15, 0.2) is 0 Å². The smallest absolute Gasteiger partial charge is 0.399 e. The molecule has 1 aromatic heterocycles. The highest BCUT2D eigenvalue weighted by Crippen LogP contribution is 2.36. The van der Waals surface area contributed by atoms with Crippen LogP contribution in [0.15, 0.2) is 42.5 Å². The van der Waals surface area contributed by atoms with Crippen molar-refractivity contribution < 1.29 is 9.31 Å². The monoisotopic (exact) mass is 460 g/mol. The number of imidazole rings is 1. The summed E-state index contributed by atoms with van der Waals surface area (Å²) in [5, 5.41) is 0. The van der Waals surface area contributed by atoms with E-state index in [-0.39, 0.29) is 18.3 Å². The summed E-state index contributed by atoms with van der Waals surface area (Å²) in [6.07, 6.45) is 0.982. The van der Waals surface area contributed by atoms with E-state index >= 15 is 0 Å². The van der Waals surface area contributed by atoms with Crippen molar-refractivity contribution in [2.24, 2.45) is 5.92 Å². The zero-order valence-corrected chi connectivity index (χ0v) is 21.4. The average molecular weight is 460 g/mol. The minimum atomic E-state index is -0.318. The first-order valence-corrected chi connectivity index (χ1v) is 12.6. The molecule has 0 spiro atoms. The van der Waals surface area contributed by atoms with Crippen LogP contribution < -0.4 is 15.3 Å². The first-order chi connectivity index (χ1) is 16.1. The van der Waals surface area contributed by atoms with E-state index in [2.05, 4.69) is 98.8 Å². The minimum Gasteiger partial charge on any atom is -0.399 e. The van der Waals surface area contributed by atoms with Gasteiger partial charge in [-0.1, -0.05) is 26.0 Å². The molecule has 6 nitrogen and oxygen atoms in total. The summed E-state index contributed by atoms with van der Waals surface area (Å²) in [6.45, 7) is 16.8. The molecule has 2 aliphatic heterocycles. The third-order valence-corrected chi connectivity index (χ3v) is 7.54. The summed E-state index contributed by atoms with van der Waals surface area (Å²) in [5.41, 5.74) is 5.15. The summed E-state index contributed by atoms with van der Waals surface area (Å²) < 4.78 is 12.4. The topological polar surface area (TPSA) is 53.6 Å². The van der Waals surface area contributed by atoms with Crippen molar-refractivity contribution in [3.63, 3.8) is 0 Å². The minimum absolute atomic E-state index is 0.311. The number of H-pyrrole nitrogens is 1. The van der Waals surface area contributed by atoms with Crippen LogP contribution in [0, 0.1) is 5.92 Å². The molecule has 0 amide bonds. The lowest BCUT2D eigenvalue weighted by molar-refractivity contribution is 0.00578. The molecular formula is C27H37BN4O2. The number of aromatic amines is 1. The van der Waals surface area contributed by atoms with Gasteiger partial charge in [-0.15, -0.1) is 0 Å². The van der Waals surface area contributed by atoms with Gasteiger partial charge in [-0.05, 0) is 69.4 Å². The molecule has 0 saturated carbocycles. The van der Waals surface area contributed by atoms with Crippen molar-refractivity contribution in [2.45, 2.75) is 59.2 Å². The molecule has 180 valence electrons. The number of aromatic nitrogens is 2. The SMILES string of the molecule is CC(C)Cc1nc2ccc(N3CCN(c4ccc(B5OC(C)(C)C(C)(C)O5)cc4)CC3)cc2[nH]1. The second kappa shape index (κ2) is 8.61. The molecule has 3 heterocycles. The maximum Gasteiger partial charge on any atom is 0.494 e. The Labute approximate surface area is 203 Å². The molecular weight excluding hydrogens is 423 g/mol. The van der Waals surface area contributed by atoms with Gasteiger partial charge in [-0.2, -0.15) is 0 Å². The number of anilines is 2. The quantitative estimate of drug-likeness (QED) is 0.573. The van der Waals surface area contributed by atoms with E-state index in [9.17, 15) is 0 Å². The fourth-order valence-corrected chi connectivity index (χ4v) is 4.77. The van der Waals surface area contributed by atoms with Crippen LogP contribution in [0.3, 0.4) is 0 Å². The van der Waals surface area contributed by atoms with E-state index < -0.39 is 0 Å². The highest BCUT2D eigenvalue weighted by atomic mass is 16.7. The summed E-state index contributed by atoms with van der Waals surface area (Å²) in [5.74, 6) is 1.68. The van der Waals surface area contributed by atoms with Gasteiger partial charge in [0.2, 0.25) is 0 Å². The number of fused-ring (bicyclic) bond motifs is 1. The van der Waals surface area contributed by atoms with Crippen LogP contribution in [-0.4, -0.2) is 54.5 Å². The van der Waals surface area contributed by atoms with Crippen LogP contribution in [0.5, 0.6) is 0 Å². The molecule has 5 rings (SSSR count). The van der Waals surface area contributed by atoms with Crippen molar-refractivity contribution in [3.8, 4) is 0 Å². The van der Waals surface area contributed by atoms with E-state index in [4.69, 9.17) is 14.3 Å². The number of hydrogen-bond acceptors (Lipinski definition) is 5. The summed E-state index contributed by atoms with van der Waals surface area (Å²) in [6, 6.07) is 15.3. The predicted octanol–water partition coefficient (Wildman–Crippen LogP) is 4.39. The van der Waals surface area contributed by atoms with Gasteiger partial charge >= 0.3 is 7.12 Å². The van der Waals surface area contributed by atoms with Crippen molar-refractivity contribution in [1.82, 2.24) is 9.97 Å². The Morgan fingerprint density at radius 3 is 2.03 bits per heavy atom. The normalized spacial score (nSPS) is 20.0. The molecule has 0 radical (unpaired) electrons. The molecule has 0 bridgehead atoms.